The molecule has 0 saturated heterocycles. The van der Waals surface area contributed by atoms with Gasteiger partial charge >= 0.3 is 7.60 Å². The van der Waals surface area contributed by atoms with Crippen molar-refractivity contribution in [2.75, 3.05) is 13.2 Å². The lowest BCUT2D eigenvalue weighted by atomic mass is 10.4. The van der Waals surface area contributed by atoms with Gasteiger partial charge in [0.1, 0.15) is 0 Å². The smallest absolute Gasteiger partial charge is 0.353 e. The van der Waals surface area contributed by atoms with Gasteiger partial charge in [-0.25, -0.2) is 0 Å². The molecule has 0 spiro atoms. The lowest BCUT2D eigenvalue weighted by Gasteiger charge is -2.12. The Hall–Kier alpha value is -0.150. The van der Waals surface area contributed by atoms with Crippen LogP contribution in [0.4, 0.5) is 0 Å². The van der Waals surface area contributed by atoms with Crippen molar-refractivity contribution in [1.29, 1.82) is 0 Å². The molecule has 1 N–H and O–H groups in total. The van der Waals surface area contributed by atoms with E-state index in [-0.39, 0.29) is 0 Å². The molecule has 0 saturated carbocycles. The van der Waals surface area contributed by atoms with Crippen LogP contribution >= 0.6 is 7.60 Å². The normalized spacial score (nSPS) is 15.1. The minimum Gasteiger partial charge on any atom is -0.389 e. The molecule has 0 aliphatic heterocycles. The predicted octanol–water partition coefficient (Wildman–Crippen LogP) is 2.15. The van der Waals surface area contributed by atoms with Crippen molar-refractivity contribution in [3.8, 4) is 0 Å². The Morgan fingerprint density at radius 1 is 1.38 bits per heavy atom. The highest BCUT2D eigenvalue weighted by atomic mass is 31.2. The Bertz CT molecular complexity index is 190. The van der Waals surface area contributed by atoms with Gasteiger partial charge in [-0.2, -0.15) is 0 Å². The lowest BCUT2D eigenvalue weighted by molar-refractivity contribution is 0.225. The molecule has 0 aromatic rings. The van der Waals surface area contributed by atoms with Crippen LogP contribution in [0, 0.1) is 0 Å². The van der Waals surface area contributed by atoms with Gasteiger partial charge in [-0.05, 0) is 26.8 Å². The molecule has 0 rings (SSSR count). The summed E-state index contributed by atoms with van der Waals surface area (Å²) >= 11 is 0. The molecule has 0 fully saturated rings. The van der Waals surface area contributed by atoms with Gasteiger partial charge in [0.2, 0.25) is 0 Å². The summed E-state index contributed by atoms with van der Waals surface area (Å²) in [7, 11) is -3.11. The summed E-state index contributed by atoms with van der Waals surface area (Å²) in [4.78, 5) is 0. The fourth-order valence-electron chi connectivity index (χ4n) is 0.713. The third kappa shape index (κ3) is 5.99. The highest BCUT2D eigenvalue weighted by Gasteiger charge is 2.18. The second kappa shape index (κ2) is 6.33. The van der Waals surface area contributed by atoms with Gasteiger partial charge in [0, 0.05) is 5.82 Å². The van der Waals surface area contributed by atoms with E-state index in [1.807, 2.05) is 0 Å². The third-order valence-corrected chi connectivity index (χ3v) is 2.94. The molecular weight excluding hydrogens is 191 g/mol. The molecule has 0 bridgehead atoms. The summed E-state index contributed by atoms with van der Waals surface area (Å²) < 4.78 is 21.6. The first kappa shape index (κ1) is 12.8. The van der Waals surface area contributed by atoms with Gasteiger partial charge in [-0.1, -0.05) is 0 Å². The van der Waals surface area contributed by atoms with Crippen LogP contribution in [0.25, 0.3) is 0 Å². The summed E-state index contributed by atoms with van der Waals surface area (Å²) in [5.41, 5.74) is 0. The highest BCUT2D eigenvalue weighted by molar-refractivity contribution is 7.57. The zero-order chi connectivity index (χ0) is 10.3. The van der Waals surface area contributed by atoms with Crippen LogP contribution in [0.5, 0.6) is 0 Å². The van der Waals surface area contributed by atoms with Crippen molar-refractivity contribution in [1.82, 2.24) is 0 Å². The molecule has 0 amide bonds. The summed E-state index contributed by atoms with van der Waals surface area (Å²) in [5.74, 6) is 1.30. The molecule has 0 unspecified atom stereocenters. The van der Waals surface area contributed by atoms with E-state index in [9.17, 15) is 4.57 Å². The van der Waals surface area contributed by atoms with Crippen molar-refractivity contribution >= 4 is 7.60 Å². The molecule has 0 aromatic carbocycles. The molecule has 78 valence electrons. The van der Waals surface area contributed by atoms with Crippen LogP contribution in [-0.4, -0.2) is 24.4 Å². The number of aliphatic hydroxyl groups excluding tert-OH is 1. The maximum Gasteiger partial charge on any atom is 0.353 e. The van der Waals surface area contributed by atoms with Gasteiger partial charge in [0.15, 0.2) is 0 Å². The first-order valence-corrected chi connectivity index (χ1v) is 5.91. The van der Waals surface area contributed by atoms with Crippen molar-refractivity contribution in [2.45, 2.75) is 26.9 Å². The molecule has 0 aromatic heterocycles. The maximum atomic E-state index is 11.7. The molecule has 5 heteroatoms. The monoisotopic (exact) mass is 208 g/mol. The van der Waals surface area contributed by atoms with E-state index in [0.717, 1.165) is 0 Å². The second-order valence-corrected chi connectivity index (χ2v) is 4.35. The van der Waals surface area contributed by atoms with Gasteiger partial charge < -0.3 is 14.2 Å². The SMILES string of the molecule is CCOP(=O)(/C=C/[C@H](C)O)OCC. The molecular formula is C8H17O4P. The summed E-state index contributed by atoms with van der Waals surface area (Å²) in [6, 6.07) is 0. The summed E-state index contributed by atoms with van der Waals surface area (Å²) in [6.45, 7) is 5.69. The average molecular weight is 208 g/mol. The van der Waals surface area contributed by atoms with E-state index in [2.05, 4.69) is 0 Å². The van der Waals surface area contributed by atoms with Gasteiger partial charge in [0.25, 0.3) is 0 Å². The van der Waals surface area contributed by atoms with E-state index in [1.165, 1.54) is 11.9 Å². The number of hydrogen-bond donors (Lipinski definition) is 1. The van der Waals surface area contributed by atoms with Crippen LogP contribution < -0.4 is 0 Å². The van der Waals surface area contributed by atoms with Crippen LogP contribution in [0.1, 0.15) is 20.8 Å². The third-order valence-electron chi connectivity index (χ3n) is 1.17. The van der Waals surface area contributed by atoms with Crippen LogP contribution in [0.3, 0.4) is 0 Å². The number of hydrogen-bond acceptors (Lipinski definition) is 4. The minimum atomic E-state index is -3.11. The second-order valence-electron chi connectivity index (χ2n) is 2.46. The van der Waals surface area contributed by atoms with Crippen LogP contribution in [0.2, 0.25) is 0 Å². The zero-order valence-corrected chi connectivity index (χ0v) is 9.16. The highest BCUT2D eigenvalue weighted by Crippen LogP contribution is 2.49. The summed E-state index contributed by atoms with van der Waals surface area (Å²) in [6.07, 6.45) is 0.751. The van der Waals surface area contributed by atoms with Gasteiger partial charge in [0.05, 0.1) is 19.3 Å². The zero-order valence-electron chi connectivity index (χ0n) is 8.27. The van der Waals surface area contributed by atoms with E-state index in [4.69, 9.17) is 14.2 Å². The van der Waals surface area contributed by atoms with E-state index in [1.54, 1.807) is 20.8 Å². The first-order valence-electron chi connectivity index (χ1n) is 4.30. The molecule has 0 heterocycles. The fourth-order valence-corrected chi connectivity index (χ4v) is 2.14. The number of rotatable bonds is 6. The Kier molecular flexibility index (Phi) is 6.25. The molecule has 4 nitrogen and oxygen atoms in total. The maximum absolute atomic E-state index is 11.7. The largest absolute Gasteiger partial charge is 0.389 e. The molecule has 0 aliphatic carbocycles. The van der Waals surface area contributed by atoms with Crippen molar-refractivity contribution in [2.24, 2.45) is 0 Å². The Morgan fingerprint density at radius 3 is 2.15 bits per heavy atom. The molecule has 13 heavy (non-hydrogen) atoms. The van der Waals surface area contributed by atoms with E-state index >= 15 is 0 Å². The van der Waals surface area contributed by atoms with E-state index in [0.29, 0.717) is 13.2 Å². The minimum absolute atomic E-state index is 0.321. The van der Waals surface area contributed by atoms with Crippen LogP contribution in [-0.2, 0) is 13.6 Å². The van der Waals surface area contributed by atoms with E-state index < -0.39 is 13.7 Å². The summed E-state index contributed by atoms with van der Waals surface area (Å²) in [5, 5.41) is 8.93. The van der Waals surface area contributed by atoms with Gasteiger partial charge in [-0.3, -0.25) is 4.57 Å². The Labute approximate surface area is 79.1 Å². The molecule has 0 radical (unpaired) electrons. The Morgan fingerprint density at radius 2 is 1.85 bits per heavy atom. The molecule has 1 atom stereocenters. The van der Waals surface area contributed by atoms with Crippen LogP contribution in [0.15, 0.2) is 11.9 Å². The number of aliphatic hydroxyl groups is 1. The first-order chi connectivity index (χ1) is 6.04. The van der Waals surface area contributed by atoms with Crippen molar-refractivity contribution in [3.05, 3.63) is 11.9 Å². The van der Waals surface area contributed by atoms with Crippen molar-refractivity contribution in [3.63, 3.8) is 0 Å². The standard InChI is InChI=1S/C8H17O4P/c1-4-11-13(10,12-5-2)7-6-8(3)9/h6-9H,4-5H2,1-3H3/b7-6+/t8-/m0/s1. The van der Waals surface area contributed by atoms with Crippen molar-refractivity contribution < 1.29 is 18.7 Å². The quantitative estimate of drug-likeness (QED) is 0.679. The molecule has 0 aliphatic rings. The average Bonchev–Trinajstić information content (AvgIpc) is 2.02. The topological polar surface area (TPSA) is 55.8 Å². The lowest BCUT2D eigenvalue weighted by Crippen LogP contribution is -1.96. The fraction of sp³-hybridized carbons (Fsp3) is 0.750. The predicted molar refractivity (Wildman–Crippen MR) is 51.7 cm³/mol. The van der Waals surface area contributed by atoms with Gasteiger partial charge in [-0.15, -0.1) is 0 Å². The Balaban J connectivity index is 4.31.